The fraction of sp³-hybridized carbons (Fsp3) is 0.0690. The van der Waals surface area contributed by atoms with Gasteiger partial charge in [-0.1, -0.05) is 60.2 Å². The third kappa shape index (κ3) is 4.98. The zero-order valence-corrected chi connectivity index (χ0v) is 20.1. The second-order valence-corrected chi connectivity index (χ2v) is 8.78. The number of oxazole rings is 1. The van der Waals surface area contributed by atoms with E-state index in [4.69, 9.17) is 16.6 Å². The van der Waals surface area contributed by atoms with Crippen molar-refractivity contribution in [2.75, 3.05) is 5.32 Å². The normalized spacial score (nSPS) is 10.8. The van der Waals surface area contributed by atoms with Crippen LogP contribution in [0.15, 0.2) is 95.4 Å². The summed E-state index contributed by atoms with van der Waals surface area (Å²) in [6.07, 6.45) is 0. The third-order valence-electron chi connectivity index (χ3n) is 5.74. The molecule has 0 aliphatic rings. The number of anilines is 1. The van der Waals surface area contributed by atoms with Gasteiger partial charge in [0.05, 0.1) is 0 Å². The number of nitrogens with zero attached hydrogens (tertiary/aromatic N) is 1. The number of hydrogen-bond donors (Lipinski definition) is 2. The molecule has 0 aliphatic carbocycles. The average Bonchev–Trinajstić information content (AvgIpc) is 3.28. The molecule has 1 heterocycles. The summed E-state index contributed by atoms with van der Waals surface area (Å²) >= 11 is 5.35. The minimum atomic E-state index is -0.247. The van der Waals surface area contributed by atoms with Crippen molar-refractivity contribution in [3.05, 3.63) is 108 Å². The van der Waals surface area contributed by atoms with Crippen molar-refractivity contribution >= 4 is 40.0 Å². The lowest BCUT2D eigenvalue weighted by Crippen LogP contribution is -2.34. The molecule has 35 heavy (non-hydrogen) atoms. The molecular formula is C29H23N3O2S. The zero-order chi connectivity index (χ0) is 24.4. The van der Waals surface area contributed by atoms with Crippen LogP contribution in [0.5, 0.6) is 0 Å². The number of rotatable bonds is 4. The number of aryl methyl sites for hydroxylation is 2. The number of thiocarbonyl (C=S) groups is 1. The molecule has 2 N–H and O–H groups in total. The van der Waals surface area contributed by atoms with Crippen molar-refractivity contribution in [3.63, 3.8) is 0 Å². The Morgan fingerprint density at radius 3 is 2.29 bits per heavy atom. The van der Waals surface area contributed by atoms with Crippen molar-refractivity contribution in [1.82, 2.24) is 10.3 Å². The van der Waals surface area contributed by atoms with Gasteiger partial charge in [-0.25, -0.2) is 4.98 Å². The van der Waals surface area contributed by atoms with Crippen LogP contribution in [0, 0.1) is 13.8 Å². The van der Waals surface area contributed by atoms with Gasteiger partial charge >= 0.3 is 0 Å². The molecule has 4 aromatic carbocycles. The molecule has 0 bridgehead atoms. The van der Waals surface area contributed by atoms with E-state index < -0.39 is 0 Å². The summed E-state index contributed by atoms with van der Waals surface area (Å²) in [6, 6.07) is 29.5. The van der Waals surface area contributed by atoms with Crippen LogP contribution in [0.4, 0.5) is 5.69 Å². The summed E-state index contributed by atoms with van der Waals surface area (Å²) in [5, 5.41) is 6.02. The molecule has 0 aliphatic heterocycles. The Morgan fingerprint density at radius 1 is 0.829 bits per heavy atom. The molecule has 1 aromatic heterocycles. The van der Waals surface area contributed by atoms with Crippen molar-refractivity contribution in [3.8, 4) is 22.6 Å². The highest BCUT2D eigenvalue weighted by molar-refractivity contribution is 7.80. The number of hydrogen-bond acceptors (Lipinski definition) is 4. The first-order valence-corrected chi connectivity index (χ1v) is 11.6. The summed E-state index contributed by atoms with van der Waals surface area (Å²) in [4.78, 5) is 17.2. The highest BCUT2D eigenvalue weighted by Crippen LogP contribution is 2.28. The molecule has 6 heteroatoms. The van der Waals surface area contributed by atoms with Gasteiger partial charge in [0.1, 0.15) is 5.52 Å². The predicted octanol–water partition coefficient (Wildman–Crippen LogP) is 6.91. The number of aromatic nitrogens is 1. The van der Waals surface area contributed by atoms with Crippen LogP contribution >= 0.6 is 12.2 Å². The molecule has 0 unspecified atom stereocenters. The molecular weight excluding hydrogens is 454 g/mol. The molecule has 5 rings (SSSR count). The molecule has 0 atom stereocenters. The maximum atomic E-state index is 12.6. The number of carbonyl (C=O) groups is 1. The minimum Gasteiger partial charge on any atom is -0.436 e. The Balaban J connectivity index is 1.29. The van der Waals surface area contributed by atoms with E-state index in [1.165, 1.54) is 0 Å². The molecule has 0 fully saturated rings. The molecule has 5 aromatic rings. The van der Waals surface area contributed by atoms with Crippen molar-refractivity contribution < 1.29 is 9.21 Å². The Kier molecular flexibility index (Phi) is 6.12. The summed E-state index contributed by atoms with van der Waals surface area (Å²) in [5.41, 5.74) is 7.86. The largest absolute Gasteiger partial charge is 0.436 e. The monoisotopic (exact) mass is 477 g/mol. The fourth-order valence-corrected chi connectivity index (χ4v) is 4.18. The van der Waals surface area contributed by atoms with Gasteiger partial charge in [-0.05, 0) is 79.2 Å². The Bertz CT molecular complexity index is 1540. The Labute approximate surface area is 208 Å². The fourth-order valence-electron chi connectivity index (χ4n) is 3.97. The smallest absolute Gasteiger partial charge is 0.257 e. The van der Waals surface area contributed by atoms with E-state index in [0.29, 0.717) is 28.2 Å². The van der Waals surface area contributed by atoms with E-state index >= 15 is 0 Å². The molecule has 1 amide bonds. The first kappa shape index (κ1) is 22.5. The number of amides is 1. The van der Waals surface area contributed by atoms with Crippen molar-refractivity contribution in [1.29, 1.82) is 0 Å². The highest BCUT2D eigenvalue weighted by Gasteiger charge is 2.13. The third-order valence-corrected chi connectivity index (χ3v) is 5.94. The zero-order valence-electron chi connectivity index (χ0n) is 19.3. The lowest BCUT2D eigenvalue weighted by atomic mass is 10.0. The molecule has 0 radical (unpaired) electrons. The van der Waals surface area contributed by atoms with Crippen molar-refractivity contribution in [2.24, 2.45) is 0 Å². The first-order chi connectivity index (χ1) is 17.0. The standard InChI is InChI=1S/C29H23N3O2S/c1-18-8-14-24(19(2)16-18)27(33)32-29(35)30-23-13-15-26-25(17-23)31-28(34-26)22-11-9-21(10-12-22)20-6-4-3-5-7-20/h3-17H,1-2H3,(H2,30,32,33,35). The minimum absolute atomic E-state index is 0.217. The van der Waals surface area contributed by atoms with Crippen LogP contribution in [0.2, 0.25) is 0 Å². The lowest BCUT2D eigenvalue weighted by Gasteiger charge is -2.11. The molecule has 172 valence electrons. The highest BCUT2D eigenvalue weighted by atomic mass is 32.1. The van der Waals surface area contributed by atoms with Gasteiger partial charge in [0.2, 0.25) is 5.89 Å². The number of carbonyl (C=O) groups excluding carboxylic acids is 1. The van der Waals surface area contributed by atoms with Crippen LogP contribution in [-0.2, 0) is 0 Å². The topological polar surface area (TPSA) is 67.2 Å². The first-order valence-electron chi connectivity index (χ1n) is 11.2. The Hall–Kier alpha value is -4.29. The van der Waals surface area contributed by atoms with E-state index in [9.17, 15) is 4.79 Å². The summed E-state index contributed by atoms with van der Waals surface area (Å²) in [7, 11) is 0. The van der Waals surface area contributed by atoms with Gasteiger partial charge in [0.15, 0.2) is 10.7 Å². The van der Waals surface area contributed by atoms with Crippen LogP contribution in [0.25, 0.3) is 33.7 Å². The van der Waals surface area contributed by atoms with E-state index in [0.717, 1.165) is 27.8 Å². The van der Waals surface area contributed by atoms with Gasteiger partial charge in [0.25, 0.3) is 5.91 Å². The maximum absolute atomic E-state index is 12.6. The molecule has 5 nitrogen and oxygen atoms in total. The second kappa shape index (κ2) is 9.52. The van der Waals surface area contributed by atoms with Gasteiger partial charge in [-0.2, -0.15) is 0 Å². The van der Waals surface area contributed by atoms with E-state index in [-0.39, 0.29) is 11.0 Å². The quantitative estimate of drug-likeness (QED) is 0.276. The second-order valence-electron chi connectivity index (χ2n) is 8.37. The molecule has 0 saturated heterocycles. The predicted molar refractivity (Wildman–Crippen MR) is 144 cm³/mol. The van der Waals surface area contributed by atoms with E-state index in [2.05, 4.69) is 39.9 Å². The molecule has 0 spiro atoms. The van der Waals surface area contributed by atoms with Crippen LogP contribution < -0.4 is 10.6 Å². The van der Waals surface area contributed by atoms with Crippen LogP contribution in [0.1, 0.15) is 21.5 Å². The summed E-state index contributed by atoms with van der Waals surface area (Å²) < 4.78 is 5.96. The molecule has 0 saturated carbocycles. The maximum Gasteiger partial charge on any atom is 0.257 e. The van der Waals surface area contributed by atoms with Gasteiger partial charge in [-0.15, -0.1) is 0 Å². The summed E-state index contributed by atoms with van der Waals surface area (Å²) in [5.74, 6) is 0.297. The van der Waals surface area contributed by atoms with Gasteiger partial charge < -0.3 is 9.73 Å². The number of nitrogens with one attached hydrogen (secondary N) is 2. The Morgan fingerprint density at radius 2 is 1.54 bits per heavy atom. The summed E-state index contributed by atoms with van der Waals surface area (Å²) in [6.45, 7) is 3.90. The van der Waals surface area contributed by atoms with Gasteiger partial charge in [0, 0.05) is 16.8 Å². The van der Waals surface area contributed by atoms with Gasteiger partial charge in [-0.3, -0.25) is 10.1 Å². The SMILES string of the molecule is Cc1ccc(C(=O)NC(=S)Nc2ccc3oc(-c4ccc(-c5ccccc5)cc4)nc3c2)c(C)c1. The average molecular weight is 478 g/mol. The van der Waals surface area contributed by atoms with E-state index in [1.54, 1.807) is 6.07 Å². The van der Waals surface area contributed by atoms with Crippen molar-refractivity contribution in [2.45, 2.75) is 13.8 Å². The number of benzene rings is 4. The number of fused-ring (bicyclic) bond motifs is 1. The van der Waals surface area contributed by atoms with E-state index in [1.807, 2.05) is 74.5 Å². The lowest BCUT2D eigenvalue weighted by molar-refractivity contribution is 0.0977. The van der Waals surface area contributed by atoms with Crippen LogP contribution in [0.3, 0.4) is 0 Å². The van der Waals surface area contributed by atoms with Crippen LogP contribution in [-0.4, -0.2) is 16.0 Å².